The van der Waals surface area contributed by atoms with Gasteiger partial charge in [-0.15, -0.1) is 0 Å². The molecule has 0 aliphatic heterocycles. The minimum absolute atomic E-state index is 0.0668. The minimum atomic E-state index is -1.86. The van der Waals surface area contributed by atoms with Gasteiger partial charge in [-0.1, -0.05) is 27.4 Å². The molecular formula is C27H48O8. The molecular weight excluding hydrogens is 452 g/mol. The lowest BCUT2D eigenvalue weighted by molar-refractivity contribution is -0.330. The first-order valence-corrected chi connectivity index (χ1v) is 12.5. The second-order valence-corrected chi connectivity index (χ2v) is 11.2. The monoisotopic (exact) mass is 500 g/mol. The van der Waals surface area contributed by atoms with E-state index in [1.54, 1.807) is 41.5 Å². The lowest BCUT2D eigenvalue weighted by atomic mass is 9.88. The summed E-state index contributed by atoms with van der Waals surface area (Å²) in [5.74, 6) is -1.82. The van der Waals surface area contributed by atoms with Gasteiger partial charge >= 0.3 is 17.9 Å². The van der Waals surface area contributed by atoms with Crippen molar-refractivity contribution in [1.82, 2.24) is 0 Å². The van der Waals surface area contributed by atoms with Gasteiger partial charge in [-0.25, -0.2) is 4.79 Å². The molecule has 204 valence electrons. The molecule has 0 saturated heterocycles. The van der Waals surface area contributed by atoms with Crippen LogP contribution in [0.1, 0.15) is 115 Å². The summed E-state index contributed by atoms with van der Waals surface area (Å²) in [5.41, 5.74) is -4.15. The average molecular weight is 501 g/mol. The van der Waals surface area contributed by atoms with Crippen molar-refractivity contribution in [2.24, 2.45) is 5.41 Å². The molecule has 0 amide bonds. The molecule has 0 aromatic heterocycles. The number of hydrogen-bond donors (Lipinski definition) is 0. The maximum atomic E-state index is 13.6. The molecule has 0 saturated carbocycles. The first-order chi connectivity index (χ1) is 15.8. The molecule has 8 nitrogen and oxygen atoms in total. The van der Waals surface area contributed by atoms with Crippen LogP contribution in [0, 0.1) is 5.41 Å². The lowest BCUT2D eigenvalue weighted by Crippen LogP contribution is -2.50. The van der Waals surface area contributed by atoms with E-state index in [0.29, 0.717) is 19.3 Å². The fraction of sp³-hybridized carbons (Fsp3) is 0.815. The van der Waals surface area contributed by atoms with Crippen LogP contribution in [0.3, 0.4) is 0 Å². The zero-order chi connectivity index (χ0) is 27.7. The minimum Gasteiger partial charge on any atom is -0.463 e. The van der Waals surface area contributed by atoms with Crippen molar-refractivity contribution in [2.75, 3.05) is 0 Å². The van der Waals surface area contributed by atoms with Crippen LogP contribution < -0.4 is 0 Å². The number of carbonyl (C=O) groups is 3. The Bertz CT molecular complexity index is 735. The Morgan fingerprint density at radius 1 is 0.800 bits per heavy atom. The van der Waals surface area contributed by atoms with E-state index in [9.17, 15) is 14.4 Å². The van der Waals surface area contributed by atoms with E-state index in [-0.39, 0.29) is 31.1 Å². The van der Waals surface area contributed by atoms with Crippen molar-refractivity contribution in [1.29, 1.82) is 0 Å². The van der Waals surface area contributed by atoms with Crippen LogP contribution in [-0.4, -0.2) is 40.8 Å². The maximum Gasteiger partial charge on any atom is 0.351 e. The van der Waals surface area contributed by atoms with Gasteiger partial charge < -0.3 is 19.1 Å². The van der Waals surface area contributed by atoms with Crippen LogP contribution in [0.5, 0.6) is 0 Å². The second kappa shape index (κ2) is 13.3. The Kier molecular flexibility index (Phi) is 12.5. The first-order valence-electron chi connectivity index (χ1n) is 12.5. The highest BCUT2D eigenvalue weighted by Crippen LogP contribution is 2.35. The molecule has 8 heteroatoms. The van der Waals surface area contributed by atoms with Gasteiger partial charge in [0.15, 0.2) is 0 Å². The fourth-order valence-corrected chi connectivity index (χ4v) is 2.47. The standard InChI is InChI=1S/C27H48O8/c1-13-24(7,8)22(29)33-27(17-16-21(28)31-19(4)5,23(30)32-25(9,10)14-2)18-20(6)34-35-26(11,12)15-3/h19H,6,13-18H2,1-5,7-12H3. The molecule has 0 bridgehead atoms. The highest BCUT2D eigenvalue weighted by atomic mass is 17.2. The largest absolute Gasteiger partial charge is 0.463 e. The van der Waals surface area contributed by atoms with E-state index in [1.807, 2.05) is 34.6 Å². The third-order valence-corrected chi connectivity index (χ3v) is 6.14. The second-order valence-electron chi connectivity index (χ2n) is 11.2. The van der Waals surface area contributed by atoms with Crippen LogP contribution in [0.25, 0.3) is 0 Å². The lowest BCUT2D eigenvalue weighted by Gasteiger charge is -2.37. The third-order valence-electron chi connectivity index (χ3n) is 6.14. The predicted octanol–water partition coefficient (Wildman–Crippen LogP) is 6.21. The maximum absolute atomic E-state index is 13.6. The summed E-state index contributed by atoms with van der Waals surface area (Å²) in [6, 6.07) is 0. The SMILES string of the molecule is C=C(CC(CCC(=O)OC(C)C)(OC(=O)C(C)(C)CC)C(=O)OC(C)(C)CC)OOC(C)(C)CC. The van der Waals surface area contributed by atoms with Gasteiger partial charge in [-0.05, 0) is 74.7 Å². The Labute approximate surface area is 212 Å². The zero-order valence-electron chi connectivity index (χ0n) is 23.8. The van der Waals surface area contributed by atoms with Crippen molar-refractivity contribution >= 4 is 17.9 Å². The van der Waals surface area contributed by atoms with Gasteiger partial charge in [-0.2, -0.15) is 4.89 Å². The Hall–Kier alpha value is -2.09. The van der Waals surface area contributed by atoms with Gasteiger partial charge in [0.05, 0.1) is 17.9 Å². The Balaban J connectivity index is 6.29. The van der Waals surface area contributed by atoms with E-state index in [0.717, 1.165) is 0 Å². The highest BCUT2D eigenvalue weighted by molar-refractivity contribution is 5.86. The molecule has 0 spiro atoms. The normalized spacial score (nSPS) is 14.2. The van der Waals surface area contributed by atoms with E-state index < -0.39 is 40.1 Å². The van der Waals surface area contributed by atoms with Crippen LogP contribution in [0.4, 0.5) is 0 Å². The molecule has 0 aliphatic carbocycles. The summed E-state index contributed by atoms with van der Waals surface area (Å²) >= 11 is 0. The summed E-state index contributed by atoms with van der Waals surface area (Å²) < 4.78 is 16.9. The summed E-state index contributed by atoms with van der Waals surface area (Å²) in [7, 11) is 0. The highest BCUT2D eigenvalue weighted by Gasteiger charge is 2.49. The van der Waals surface area contributed by atoms with Crippen LogP contribution in [-0.2, 0) is 38.4 Å². The topological polar surface area (TPSA) is 97.4 Å². The van der Waals surface area contributed by atoms with Gasteiger partial charge in [0.2, 0.25) is 5.60 Å². The Morgan fingerprint density at radius 3 is 1.80 bits per heavy atom. The molecule has 0 aromatic carbocycles. The van der Waals surface area contributed by atoms with E-state index in [1.165, 1.54) is 0 Å². The smallest absolute Gasteiger partial charge is 0.351 e. The van der Waals surface area contributed by atoms with Crippen molar-refractivity contribution < 1.29 is 38.4 Å². The molecule has 0 aliphatic rings. The number of hydrogen-bond acceptors (Lipinski definition) is 8. The number of esters is 3. The van der Waals surface area contributed by atoms with Crippen molar-refractivity contribution in [3.8, 4) is 0 Å². The predicted molar refractivity (Wildman–Crippen MR) is 134 cm³/mol. The number of ether oxygens (including phenoxy) is 3. The van der Waals surface area contributed by atoms with E-state index in [2.05, 4.69) is 6.58 Å². The molecule has 35 heavy (non-hydrogen) atoms. The van der Waals surface area contributed by atoms with Crippen LogP contribution >= 0.6 is 0 Å². The quantitative estimate of drug-likeness (QED) is 0.0811. The first kappa shape index (κ1) is 32.9. The van der Waals surface area contributed by atoms with E-state index >= 15 is 0 Å². The average Bonchev–Trinajstić information content (AvgIpc) is 2.75. The van der Waals surface area contributed by atoms with Gasteiger partial charge in [0.25, 0.3) is 0 Å². The summed E-state index contributed by atoms with van der Waals surface area (Å²) in [4.78, 5) is 50.1. The van der Waals surface area contributed by atoms with Crippen LogP contribution in [0.15, 0.2) is 12.3 Å². The molecule has 1 atom stereocenters. The summed E-state index contributed by atoms with van der Waals surface area (Å²) in [6.45, 7) is 23.7. The van der Waals surface area contributed by atoms with E-state index in [4.69, 9.17) is 24.0 Å². The van der Waals surface area contributed by atoms with Crippen molar-refractivity contribution in [3.05, 3.63) is 12.3 Å². The van der Waals surface area contributed by atoms with Crippen molar-refractivity contribution in [2.45, 2.75) is 138 Å². The number of carbonyl (C=O) groups excluding carboxylic acids is 3. The molecule has 0 heterocycles. The van der Waals surface area contributed by atoms with Gasteiger partial charge in [0, 0.05) is 12.8 Å². The molecule has 0 rings (SSSR count). The molecule has 0 N–H and O–H groups in total. The molecule has 0 radical (unpaired) electrons. The molecule has 0 fully saturated rings. The van der Waals surface area contributed by atoms with Gasteiger partial charge in [-0.3, -0.25) is 9.59 Å². The van der Waals surface area contributed by atoms with Gasteiger partial charge in [0.1, 0.15) is 17.0 Å². The summed E-state index contributed by atoms with van der Waals surface area (Å²) in [6.07, 6.45) is 0.774. The van der Waals surface area contributed by atoms with Crippen LogP contribution in [0.2, 0.25) is 0 Å². The van der Waals surface area contributed by atoms with Crippen molar-refractivity contribution in [3.63, 3.8) is 0 Å². The fourth-order valence-electron chi connectivity index (χ4n) is 2.47. The number of rotatable bonds is 16. The Morgan fingerprint density at radius 2 is 1.34 bits per heavy atom. The summed E-state index contributed by atoms with van der Waals surface area (Å²) in [5, 5.41) is 0. The third kappa shape index (κ3) is 11.5. The molecule has 1 unspecified atom stereocenters. The zero-order valence-corrected chi connectivity index (χ0v) is 23.8. The molecule has 0 aromatic rings.